The van der Waals surface area contributed by atoms with Gasteiger partial charge in [0.25, 0.3) is 0 Å². The summed E-state index contributed by atoms with van der Waals surface area (Å²) >= 11 is 0. The molecule has 0 radical (unpaired) electrons. The number of hydrogen-bond donors (Lipinski definition) is 0. The average Bonchev–Trinajstić information content (AvgIpc) is 3.47. The van der Waals surface area contributed by atoms with Crippen LogP contribution in [0.5, 0.6) is 0 Å². The second-order valence-electron chi connectivity index (χ2n) is 8.27. The molecular weight excluding hydrogens is 414 g/mol. The van der Waals surface area contributed by atoms with Crippen molar-refractivity contribution in [2.45, 2.75) is 0 Å². The Hall–Kier alpha value is -4.63. The van der Waals surface area contributed by atoms with E-state index in [2.05, 4.69) is 101 Å². The number of pyridine rings is 1. The highest BCUT2D eigenvalue weighted by molar-refractivity contribution is 6.21. The van der Waals surface area contributed by atoms with Crippen LogP contribution >= 0.6 is 0 Å². The Morgan fingerprint density at radius 1 is 0.794 bits per heavy atom. The maximum Gasteiger partial charge on any atom is 0.138 e. The molecular formula is C31H23N3. The molecule has 3 heteroatoms. The van der Waals surface area contributed by atoms with Crippen LogP contribution in [-0.4, -0.2) is 14.1 Å². The number of aromatic nitrogens is 3. The quantitative estimate of drug-likeness (QED) is 0.250. The normalized spacial score (nSPS) is 11.6. The second-order valence-corrected chi connectivity index (χ2v) is 8.27. The number of rotatable bonds is 5. The van der Waals surface area contributed by atoms with E-state index in [9.17, 15) is 0 Å². The van der Waals surface area contributed by atoms with Crippen LogP contribution in [0.15, 0.2) is 129 Å². The third-order valence-electron chi connectivity index (χ3n) is 6.25. The lowest BCUT2D eigenvalue weighted by atomic mass is 10.1. The standard InChI is InChI=1S/C31H23N3/c1-3-4-11-22(2)33-21-20-24-18-19-28-30(31(24)33)25-14-8-9-16-27(25)34(28)29-17-10-15-26(32-29)23-12-6-5-7-13-23/h3-21H,1-2H2. The van der Waals surface area contributed by atoms with Crippen molar-refractivity contribution < 1.29 is 0 Å². The summed E-state index contributed by atoms with van der Waals surface area (Å²) in [5.74, 6) is 0.899. The summed E-state index contributed by atoms with van der Waals surface area (Å²) in [4.78, 5) is 5.07. The maximum atomic E-state index is 5.07. The van der Waals surface area contributed by atoms with Crippen molar-refractivity contribution in [3.63, 3.8) is 0 Å². The third-order valence-corrected chi connectivity index (χ3v) is 6.25. The van der Waals surface area contributed by atoms with Crippen molar-refractivity contribution in [2.75, 3.05) is 0 Å². The predicted octanol–water partition coefficient (Wildman–Crippen LogP) is 8.01. The van der Waals surface area contributed by atoms with Gasteiger partial charge in [0.1, 0.15) is 5.82 Å². The lowest BCUT2D eigenvalue weighted by Crippen LogP contribution is -1.98. The molecule has 3 nitrogen and oxygen atoms in total. The summed E-state index contributed by atoms with van der Waals surface area (Å²) in [5, 5.41) is 3.56. The smallest absolute Gasteiger partial charge is 0.138 e. The third kappa shape index (κ3) is 3.10. The fraction of sp³-hybridized carbons (Fsp3) is 0. The van der Waals surface area contributed by atoms with E-state index in [4.69, 9.17) is 4.98 Å². The Morgan fingerprint density at radius 3 is 2.47 bits per heavy atom. The first-order chi connectivity index (χ1) is 16.8. The lowest BCUT2D eigenvalue weighted by Gasteiger charge is -2.10. The van der Waals surface area contributed by atoms with Crippen LogP contribution in [0.1, 0.15) is 0 Å². The number of nitrogens with zero attached hydrogens (tertiary/aromatic N) is 3. The summed E-state index contributed by atoms with van der Waals surface area (Å²) in [7, 11) is 0. The SMILES string of the molecule is C=CC=CC(=C)n1ccc2ccc3c(c4ccccc4n3-c3cccc(-c4ccccc4)n3)c21. The highest BCUT2D eigenvalue weighted by Crippen LogP contribution is 2.38. The highest BCUT2D eigenvalue weighted by atomic mass is 15.1. The molecule has 0 spiro atoms. The van der Waals surface area contributed by atoms with Gasteiger partial charge >= 0.3 is 0 Å². The zero-order valence-electron chi connectivity index (χ0n) is 18.7. The Labute approximate surface area is 198 Å². The first kappa shape index (κ1) is 20.0. The Bertz CT molecular complexity index is 1730. The van der Waals surface area contributed by atoms with E-state index in [-0.39, 0.29) is 0 Å². The minimum Gasteiger partial charge on any atom is -0.316 e. The minimum absolute atomic E-state index is 0.892. The van der Waals surface area contributed by atoms with Crippen molar-refractivity contribution >= 4 is 38.4 Å². The summed E-state index contributed by atoms with van der Waals surface area (Å²) in [5.41, 5.74) is 6.34. The van der Waals surface area contributed by atoms with Gasteiger partial charge in [0.05, 0.1) is 22.2 Å². The number of benzene rings is 3. The van der Waals surface area contributed by atoms with E-state index in [0.29, 0.717) is 0 Å². The molecule has 0 aliphatic heterocycles. The van der Waals surface area contributed by atoms with Gasteiger partial charge in [-0.2, -0.15) is 0 Å². The topological polar surface area (TPSA) is 22.8 Å². The second kappa shape index (κ2) is 8.05. The molecule has 6 aromatic rings. The lowest BCUT2D eigenvalue weighted by molar-refractivity contribution is 1.08. The van der Waals surface area contributed by atoms with Gasteiger partial charge in [-0.05, 0) is 36.4 Å². The van der Waals surface area contributed by atoms with Crippen molar-refractivity contribution in [3.05, 3.63) is 129 Å². The van der Waals surface area contributed by atoms with Gasteiger partial charge < -0.3 is 4.57 Å². The molecule has 0 aliphatic carbocycles. The van der Waals surface area contributed by atoms with Gasteiger partial charge in [0.15, 0.2) is 0 Å². The zero-order valence-corrected chi connectivity index (χ0v) is 18.7. The average molecular weight is 438 g/mol. The highest BCUT2D eigenvalue weighted by Gasteiger charge is 2.18. The molecule has 0 unspecified atom stereocenters. The van der Waals surface area contributed by atoms with Gasteiger partial charge in [0.2, 0.25) is 0 Å². The number of para-hydroxylation sites is 1. The van der Waals surface area contributed by atoms with E-state index in [1.54, 1.807) is 6.08 Å². The van der Waals surface area contributed by atoms with E-state index in [1.807, 2.05) is 30.4 Å². The molecule has 3 heterocycles. The van der Waals surface area contributed by atoms with Gasteiger partial charge in [0, 0.05) is 33.6 Å². The van der Waals surface area contributed by atoms with Crippen LogP contribution < -0.4 is 0 Å². The first-order valence-electron chi connectivity index (χ1n) is 11.3. The molecule has 0 fully saturated rings. The molecule has 3 aromatic heterocycles. The molecule has 0 aliphatic rings. The van der Waals surface area contributed by atoms with Crippen LogP contribution in [0.2, 0.25) is 0 Å². The number of allylic oxidation sites excluding steroid dienone is 4. The molecule has 34 heavy (non-hydrogen) atoms. The van der Waals surface area contributed by atoms with Crippen LogP contribution in [0.25, 0.3) is 55.5 Å². The molecule has 0 atom stereocenters. The monoisotopic (exact) mass is 437 g/mol. The van der Waals surface area contributed by atoms with Gasteiger partial charge in [-0.25, -0.2) is 4.98 Å². The Balaban J connectivity index is 1.67. The molecule has 0 saturated heterocycles. The van der Waals surface area contributed by atoms with Crippen molar-refractivity contribution in [2.24, 2.45) is 0 Å². The van der Waals surface area contributed by atoms with Crippen LogP contribution in [-0.2, 0) is 0 Å². The van der Waals surface area contributed by atoms with Gasteiger partial charge in [-0.3, -0.25) is 4.57 Å². The van der Waals surface area contributed by atoms with Gasteiger partial charge in [-0.15, -0.1) is 0 Å². The number of fused-ring (bicyclic) bond motifs is 5. The maximum absolute atomic E-state index is 5.07. The predicted molar refractivity (Wildman–Crippen MR) is 144 cm³/mol. The summed E-state index contributed by atoms with van der Waals surface area (Å²) in [6, 6.07) is 31.6. The molecule has 0 N–H and O–H groups in total. The molecule has 3 aromatic carbocycles. The molecule has 6 rings (SSSR count). The van der Waals surface area contributed by atoms with E-state index >= 15 is 0 Å². The molecule has 0 amide bonds. The molecule has 0 saturated carbocycles. The minimum atomic E-state index is 0.892. The van der Waals surface area contributed by atoms with E-state index in [0.717, 1.165) is 39.3 Å². The van der Waals surface area contributed by atoms with Gasteiger partial charge in [-0.1, -0.05) is 86.0 Å². The zero-order chi connectivity index (χ0) is 23.1. The van der Waals surface area contributed by atoms with Crippen LogP contribution in [0, 0.1) is 0 Å². The van der Waals surface area contributed by atoms with Crippen LogP contribution in [0.4, 0.5) is 0 Å². The summed E-state index contributed by atoms with van der Waals surface area (Å²) < 4.78 is 4.42. The first-order valence-corrected chi connectivity index (χ1v) is 11.3. The Kier molecular flexibility index (Phi) is 4.74. The van der Waals surface area contributed by atoms with Crippen LogP contribution in [0.3, 0.4) is 0 Å². The Morgan fingerprint density at radius 2 is 1.62 bits per heavy atom. The molecule has 162 valence electrons. The van der Waals surface area contributed by atoms with E-state index in [1.165, 1.54) is 16.2 Å². The fourth-order valence-electron chi connectivity index (χ4n) is 4.74. The van der Waals surface area contributed by atoms with E-state index < -0.39 is 0 Å². The molecule has 0 bridgehead atoms. The number of hydrogen-bond acceptors (Lipinski definition) is 1. The van der Waals surface area contributed by atoms with Crippen molar-refractivity contribution in [1.82, 2.24) is 14.1 Å². The summed E-state index contributed by atoms with van der Waals surface area (Å²) in [6.45, 7) is 8.08. The van der Waals surface area contributed by atoms with Crippen molar-refractivity contribution in [3.8, 4) is 17.1 Å². The fourth-order valence-corrected chi connectivity index (χ4v) is 4.74. The van der Waals surface area contributed by atoms with Crippen molar-refractivity contribution in [1.29, 1.82) is 0 Å². The summed E-state index contributed by atoms with van der Waals surface area (Å²) in [6.07, 6.45) is 7.75. The largest absolute Gasteiger partial charge is 0.316 e.